The molecule has 1 aromatic carbocycles. The Kier molecular flexibility index (Phi) is 5.55. The largest absolute Gasteiger partial charge is 0.393 e. The first kappa shape index (κ1) is 14.7. The number of thioether (sulfide) groups is 1. The topological polar surface area (TPSA) is 49.3 Å². The molecule has 0 aromatic heterocycles. The Morgan fingerprint density at radius 2 is 2.05 bits per heavy atom. The van der Waals surface area contributed by atoms with Crippen LogP contribution in [0.1, 0.15) is 25.7 Å². The van der Waals surface area contributed by atoms with Crippen molar-refractivity contribution < 1.29 is 9.90 Å². The lowest BCUT2D eigenvalue weighted by Gasteiger charge is -2.31. The lowest BCUT2D eigenvalue weighted by molar-refractivity contribution is -0.123. The Morgan fingerprint density at radius 1 is 1.37 bits per heavy atom. The zero-order chi connectivity index (χ0) is 13.7. The number of aliphatic hydroxyl groups excluding tert-OH is 1. The molecule has 0 heterocycles. The van der Waals surface area contributed by atoms with Crippen molar-refractivity contribution in [2.24, 2.45) is 0 Å². The lowest BCUT2D eigenvalue weighted by atomic mass is 9.89. The van der Waals surface area contributed by atoms with E-state index in [4.69, 9.17) is 16.7 Å². The van der Waals surface area contributed by atoms with Gasteiger partial charge in [0.25, 0.3) is 0 Å². The summed E-state index contributed by atoms with van der Waals surface area (Å²) in [6.45, 7) is 0. The van der Waals surface area contributed by atoms with Crippen molar-refractivity contribution in [3.05, 3.63) is 29.3 Å². The molecule has 1 amide bonds. The number of rotatable bonds is 6. The molecule has 19 heavy (non-hydrogen) atoms. The third kappa shape index (κ3) is 5.05. The molecule has 2 N–H and O–H groups in total. The summed E-state index contributed by atoms with van der Waals surface area (Å²) in [5.41, 5.74) is 0. The van der Waals surface area contributed by atoms with Gasteiger partial charge in [0, 0.05) is 22.4 Å². The van der Waals surface area contributed by atoms with Crippen molar-refractivity contribution in [1.82, 2.24) is 5.32 Å². The summed E-state index contributed by atoms with van der Waals surface area (Å²) in [6, 6.07) is 7.91. The molecule has 0 spiro atoms. The molecule has 104 valence electrons. The number of amides is 1. The van der Waals surface area contributed by atoms with E-state index in [1.165, 1.54) is 4.90 Å². The van der Waals surface area contributed by atoms with Crippen LogP contribution in [0.3, 0.4) is 0 Å². The average molecular weight is 300 g/mol. The third-order valence-corrected chi connectivity index (χ3v) is 4.46. The Bertz CT molecular complexity index is 418. The molecule has 1 aliphatic rings. The van der Waals surface area contributed by atoms with Crippen LogP contribution in [-0.4, -0.2) is 28.9 Å². The SMILES string of the molecule is O=C(CCCSc1ccc(Cl)cc1)NC1CC(O)C1. The van der Waals surface area contributed by atoms with E-state index in [1.807, 2.05) is 24.3 Å². The Labute approximate surface area is 122 Å². The van der Waals surface area contributed by atoms with E-state index in [-0.39, 0.29) is 18.1 Å². The molecule has 1 saturated carbocycles. The van der Waals surface area contributed by atoms with Gasteiger partial charge in [-0.15, -0.1) is 11.8 Å². The fraction of sp³-hybridized carbons (Fsp3) is 0.500. The molecule has 0 bridgehead atoms. The molecule has 0 saturated heterocycles. The minimum Gasteiger partial charge on any atom is -0.393 e. The maximum atomic E-state index is 11.6. The quantitative estimate of drug-likeness (QED) is 0.627. The van der Waals surface area contributed by atoms with Crippen LogP contribution in [0.15, 0.2) is 29.2 Å². The number of hydrogen-bond acceptors (Lipinski definition) is 3. The number of aliphatic hydroxyl groups is 1. The van der Waals surface area contributed by atoms with Gasteiger partial charge in [0.2, 0.25) is 5.91 Å². The highest BCUT2D eigenvalue weighted by atomic mass is 35.5. The maximum absolute atomic E-state index is 11.6. The molecular formula is C14H18ClNO2S. The Morgan fingerprint density at radius 3 is 2.68 bits per heavy atom. The summed E-state index contributed by atoms with van der Waals surface area (Å²) in [5, 5.41) is 12.8. The van der Waals surface area contributed by atoms with E-state index >= 15 is 0 Å². The number of halogens is 1. The van der Waals surface area contributed by atoms with Gasteiger partial charge >= 0.3 is 0 Å². The summed E-state index contributed by atoms with van der Waals surface area (Å²) in [6.07, 6.45) is 2.59. The van der Waals surface area contributed by atoms with Crippen molar-refractivity contribution in [1.29, 1.82) is 0 Å². The first-order chi connectivity index (χ1) is 9.13. The highest BCUT2D eigenvalue weighted by molar-refractivity contribution is 7.99. The second kappa shape index (κ2) is 7.17. The van der Waals surface area contributed by atoms with E-state index in [0.717, 1.165) is 17.2 Å². The molecule has 0 aliphatic heterocycles. The van der Waals surface area contributed by atoms with Crippen molar-refractivity contribution in [2.45, 2.75) is 42.7 Å². The molecule has 1 aliphatic carbocycles. The molecule has 0 atom stereocenters. The summed E-state index contributed by atoms with van der Waals surface area (Å²) < 4.78 is 0. The van der Waals surface area contributed by atoms with Crippen LogP contribution in [0.2, 0.25) is 5.02 Å². The molecular weight excluding hydrogens is 282 g/mol. The average Bonchev–Trinajstić information content (AvgIpc) is 2.35. The first-order valence-electron chi connectivity index (χ1n) is 6.49. The van der Waals surface area contributed by atoms with Crippen LogP contribution in [0.4, 0.5) is 0 Å². The van der Waals surface area contributed by atoms with Crippen molar-refractivity contribution in [3.63, 3.8) is 0 Å². The highest BCUT2D eigenvalue weighted by Gasteiger charge is 2.27. The molecule has 1 fully saturated rings. The minimum absolute atomic E-state index is 0.0913. The number of carbonyl (C=O) groups is 1. The van der Waals surface area contributed by atoms with Crippen LogP contribution in [0, 0.1) is 0 Å². The number of benzene rings is 1. The first-order valence-corrected chi connectivity index (χ1v) is 7.85. The summed E-state index contributed by atoms with van der Waals surface area (Å²) in [7, 11) is 0. The predicted octanol–water partition coefficient (Wildman–Crippen LogP) is 2.85. The molecule has 0 unspecified atom stereocenters. The van der Waals surface area contributed by atoms with Crippen molar-refractivity contribution in [2.75, 3.05) is 5.75 Å². The lowest BCUT2D eigenvalue weighted by Crippen LogP contribution is -2.46. The normalized spacial score (nSPS) is 21.8. The van der Waals surface area contributed by atoms with E-state index in [1.54, 1.807) is 11.8 Å². The van der Waals surface area contributed by atoms with Gasteiger partial charge in [-0.25, -0.2) is 0 Å². The van der Waals surface area contributed by atoms with Crippen molar-refractivity contribution >= 4 is 29.3 Å². The van der Waals surface area contributed by atoms with Crippen LogP contribution >= 0.6 is 23.4 Å². The predicted molar refractivity (Wildman–Crippen MR) is 78.6 cm³/mol. The van der Waals surface area contributed by atoms with Gasteiger partial charge < -0.3 is 10.4 Å². The van der Waals surface area contributed by atoms with Crippen LogP contribution in [0.25, 0.3) is 0 Å². The van der Waals surface area contributed by atoms with Gasteiger partial charge in [0.15, 0.2) is 0 Å². The standard InChI is InChI=1S/C14H18ClNO2S/c15-10-3-5-13(6-4-10)19-7-1-2-14(18)16-11-8-12(17)9-11/h3-6,11-12,17H,1-2,7-9H2,(H,16,18). The van der Waals surface area contributed by atoms with Gasteiger partial charge in [0.05, 0.1) is 6.10 Å². The Balaban J connectivity index is 1.56. The molecule has 5 heteroatoms. The number of hydrogen-bond donors (Lipinski definition) is 2. The summed E-state index contributed by atoms with van der Waals surface area (Å²) >= 11 is 7.54. The van der Waals surface area contributed by atoms with Gasteiger partial charge in [0.1, 0.15) is 0 Å². The zero-order valence-corrected chi connectivity index (χ0v) is 12.2. The number of carbonyl (C=O) groups excluding carboxylic acids is 1. The van der Waals surface area contributed by atoms with E-state index < -0.39 is 0 Å². The Hall–Kier alpha value is -0.710. The van der Waals surface area contributed by atoms with Gasteiger partial charge in [-0.1, -0.05) is 11.6 Å². The van der Waals surface area contributed by atoms with Gasteiger partial charge in [-0.05, 0) is 49.3 Å². The second-order valence-electron chi connectivity index (χ2n) is 4.80. The molecule has 1 aromatic rings. The van der Waals surface area contributed by atoms with Gasteiger partial charge in [-0.2, -0.15) is 0 Å². The highest BCUT2D eigenvalue weighted by Crippen LogP contribution is 2.22. The number of nitrogens with one attached hydrogen (secondary N) is 1. The summed E-state index contributed by atoms with van der Waals surface area (Å²) in [5.74, 6) is 1.01. The second-order valence-corrected chi connectivity index (χ2v) is 6.40. The smallest absolute Gasteiger partial charge is 0.220 e. The summed E-state index contributed by atoms with van der Waals surface area (Å²) in [4.78, 5) is 12.8. The minimum atomic E-state index is -0.217. The molecule has 2 rings (SSSR count). The van der Waals surface area contributed by atoms with E-state index in [2.05, 4.69) is 5.32 Å². The maximum Gasteiger partial charge on any atom is 0.220 e. The van der Waals surface area contributed by atoms with Crippen LogP contribution in [-0.2, 0) is 4.79 Å². The monoisotopic (exact) mass is 299 g/mol. The molecule has 3 nitrogen and oxygen atoms in total. The van der Waals surface area contributed by atoms with E-state index in [0.29, 0.717) is 19.3 Å². The van der Waals surface area contributed by atoms with E-state index in [9.17, 15) is 4.79 Å². The fourth-order valence-corrected chi connectivity index (χ4v) is 2.94. The van der Waals surface area contributed by atoms with Crippen LogP contribution < -0.4 is 5.32 Å². The fourth-order valence-electron chi connectivity index (χ4n) is 1.96. The van der Waals surface area contributed by atoms with Gasteiger partial charge in [-0.3, -0.25) is 4.79 Å². The van der Waals surface area contributed by atoms with Crippen molar-refractivity contribution in [3.8, 4) is 0 Å². The zero-order valence-electron chi connectivity index (χ0n) is 10.6. The van der Waals surface area contributed by atoms with Crippen LogP contribution in [0.5, 0.6) is 0 Å². The third-order valence-electron chi connectivity index (χ3n) is 3.11. The molecule has 0 radical (unpaired) electrons.